The van der Waals surface area contributed by atoms with Gasteiger partial charge in [-0.15, -0.1) is 0 Å². The molecule has 29 heavy (non-hydrogen) atoms. The molecule has 1 aliphatic heterocycles. The molecule has 6 nitrogen and oxygen atoms in total. The van der Waals surface area contributed by atoms with Gasteiger partial charge in [-0.3, -0.25) is 9.69 Å². The first-order valence-electron chi connectivity index (χ1n) is 8.64. The number of carbonyl (C=O) groups excluding carboxylic acids is 1. The van der Waals surface area contributed by atoms with Crippen molar-refractivity contribution in [2.75, 3.05) is 20.1 Å². The van der Waals surface area contributed by atoms with Crippen LogP contribution in [-0.4, -0.2) is 53.0 Å². The fourth-order valence-electron chi connectivity index (χ4n) is 3.06. The molecule has 0 aromatic heterocycles. The Morgan fingerprint density at radius 2 is 1.14 bits per heavy atom. The minimum Gasteiger partial charge on any atom is -0.478 e. The van der Waals surface area contributed by atoms with Crippen LogP contribution in [0.5, 0.6) is 0 Å². The Morgan fingerprint density at radius 3 is 1.45 bits per heavy atom. The van der Waals surface area contributed by atoms with Gasteiger partial charge in [0.15, 0.2) is 5.78 Å². The average Bonchev–Trinajstić information content (AvgIpc) is 2.66. The van der Waals surface area contributed by atoms with Gasteiger partial charge in [0.1, 0.15) is 0 Å². The molecule has 142 valence electrons. The maximum Gasteiger partial charge on any atom is 1.00 e. The topological polar surface area (TPSA) is 94.9 Å². The fourth-order valence-corrected chi connectivity index (χ4v) is 3.06. The number of likely N-dealkylation sites (tertiary alicyclic amines) is 1. The van der Waals surface area contributed by atoms with Crippen LogP contribution in [0.15, 0.2) is 59.7 Å². The van der Waals surface area contributed by atoms with Gasteiger partial charge in [0.05, 0.1) is 11.1 Å². The number of aromatic carboxylic acids is 2. The molecule has 2 aromatic carbocycles. The molecule has 2 N–H and O–H groups in total. The number of hydrogen-bond donors (Lipinski definition) is 2. The molecule has 0 saturated carbocycles. The summed E-state index contributed by atoms with van der Waals surface area (Å²) < 4.78 is 0. The van der Waals surface area contributed by atoms with Crippen molar-refractivity contribution in [2.45, 2.75) is 0 Å². The number of carboxylic acids is 2. The number of likely N-dealkylation sites (N-methyl/N-ethyl adjacent to an activating group) is 1. The van der Waals surface area contributed by atoms with E-state index >= 15 is 0 Å². The van der Waals surface area contributed by atoms with E-state index in [1.54, 1.807) is 36.4 Å². The SMILES string of the molecule is CN1C/C(=C\c2ccc(C(=O)O)cc2)C(=O)/C(=C/c2ccc(C(=O)O)cc2)C1.[K+]. The summed E-state index contributed by atoms with van der Waals surface area (Å²) in [6.45, 7) is 0.990. The van der Waals surface area contributed by atoms with Gasteiger partial charge >= 0.3 is 63.3 Å². The second kappa shape index (κ2) is 10.2. The van der Waals surface area contributed by atoms with Crippen molar-refractivity contribution >= 4 is 29.9 Å². The molecule has 1 aliphatic rings. The number of hydrogen-bond acceptors (Lipinski definition) is 4. The van der Waals surface area contributed by atoms with Gasteiger partial charge in [0.2, 0.25) is 0 Å². The first-order chi connectivity index (χ1) is 13.3. The summed E-state index contributed by atoms with van der Waals surface area (Å²) in [5.74, 6) is -2.05. The van der Waals surface area contributed by atoms with E-state index in [9.17, 15) is 14.4 Å². The summed E-state index contributed by atoms with van der Waals surface area (Å²) in [5.41, 5.74) is 3.14. The van der Waals surface area contributed by atoms with Crippen LogP contribution in [0.3, 0.4) is 0 Å². The van der Waals surface area contributed by atoms with Gasteiger partial charge < -0.3 is 10.2 Å². The Morgan fingerprint density at radius 1 is 0.793 bits per heavy atom. The number of piperidine rings is 1. The monoisotopic (exact) mass is 416 g/mol. The van der Waals surface area contributed by atoms with E-state index in [-0.39, 0.29) is 68.3 Å². The van der Waals surface area contributed by atoms with E-state index in [0.717, 1.165) is 11.1 Å². The molecular formula is C22H19KNO5+. The Labute approximate surface area is 211 Å². The number of benzene rings is 2. The second-order valence-corrected chi connectivity index (χ2v) is 6.69. The summed E-state index contributed by atoms with van der Waals surface area (Å²) in [6.07, 6.45) is 3.54. The summed E-state index contributed by atoms with van der Waals surface area (Å²) >= 11 is 0. The Balaban J connectivity index is 0.00000300. The number of carbonyl (C=O) groups is 3. The van der Waals surface area contributed by atoms with E-state index in [2.05, 4.69) is 0 Å². The van der Waals surface area contributed by atoms with Gasteiger partial charge in [0.25, 0.3) is 0 Å². The minimum absolute atomic E-state index is 0. The normalized spacial score (nSPS) is 17.2. The first-order valence-corrected chi connectivity index (χ1v) is 8.64. The van der Waals surface area contributed by atoms with Crippen LogP contribution in [0.1, 0.15) is 31.8 Å². The standard InChI is InChI=1S/C22H19NO5.K/c1-23-12-18(10-14-2-6-16(7-3-14)21(25)26)20(24)19(13-23)11-15-4-8-17(9-5-15)22(27)28;/h2-11H,12-13H2,1H3,(H,25,26)(H,27,28);/q;+1/b18-10+,19-11+;. The summed E-state index contributed by atoms with van der Waals surface area (Å²) in [4.78, 5) is 36.8. The van der Waals surface area contributed by atoms with Gasteiger partial charge in [-0.2, -0.15) is 0 Å². The summed E-state index contributed by atoms with van der Waals surface area (Å²) in [6, 6.07) is 12.7. The molecule has 2 aromatic rings. The third kappa shape index (κ3) is 6.05. The van der Waals surface area contributed by atoms with E-state index in [4.69, 9.17) is 10.2 Å². The van der Waals surface area contributed by atoms with E-state index in [1.807, 2.05) is 11.9 Å². The molecule has 0 unspecified atom stereocenters. The Kier molecular flexibility index (Phi) is 8.27. The number of Topliss-reactive ketones (excluding diaryl/α,β-unsaturated/α-hetero) is 1. The van der Waals surface area contributed by atoms with Crippen molar-refractivity contribution in [1.29, 1.82) is 0 Å². The molecule has 0 aliphatic carbocycles. The van der Waals surface area contributed by atoms with Crippen LogP contribution < -0.4 is 51.4 Å². The van der Waals surface area contributed by atoms with Crippen LogP contribution >= 0.6 is 0 Å². The van der Waals surface area contributed by atoms with Crippen molar-refractivity contribution in [1.82, 2.24) is 4.90 Å². The van der Waals surface area contributed by atoms with Gasteiger partial charge in [0, 0.05) is 24.2 Å². The molecule has 0 spiro atoms. The molecule has 0 atom stereocenters. The molecule has 7 heteroatoms. The average molecular weight is 416 g/mol. The molecule has 0 radical (unpaired) electrons. The fraction of sp³-hybridized carbons (Fsp3) is 0.136. The van der Waals surface area contributed by atoms with Crippen LogP contribution in [0.2, 0.25) is 0 Å². The van der Waals surface area contributed by atoms with Gasteiger partial charge in [-0.1, -0.05) is 24.3 Å². The van der Waals surface area contributed by atoms with Crippen molar-refractivity contribution in [3.63, 3.8) is 0 Å². The van der Waals surface area contributed by atoms with Crippen molar-refractivity contribution in [2.24, 2.45) is 0 Å². The van der Waals surface area contributed by atoms with Crippen molar-refractivity contribution in [3.8, 4) is 0 Å². The molecule has 0 amide bonds. The molecule has 1 saturated heterocycles. The molecule has 1 fully saturated rings. The maximum absolute atomic E-state index is 12.9. The second-order valence-electron chi connectivity index (χ2n) is 6.69. The largest absolute Gasteiger partial charge is 1.00 e. The molecular weight excluding hydrogens is 397 g/mol. The van der Waals surface area contributed by atoms with E-state index in [0.29, 0.717) is 24.2 Å². The number of carboxylic acid groups (broad SMARTS) is 2. The van der Waals surface area contributed by atoms with Crippen LogP contribution in [0.4, 0.5) is 0 Å². The molecule has 3 rings (SSSR count). The predicted molar refractivity (Wildman–Crippen MR) is 105 cm³/mol. The van der Waals surface area contributed by atoms with E-state index in [1.165, 1.54) is 24.3 Å². The summed E-state index contributed by atoms with van der Waals surface area (Å²) in [5, 5.41) is 18.0. The number of nitrogens with zero attached hydrogens (tertiary/aromatic N) is 1. The Hall–Kier alpha value is -1.87. The van der Waals surface area contributed by atoms with Crippen molar-refractivity contribution in [3.05, 3.63) is 81.9 Å². The smallest absolute Gasteiger partial charge is 0.478 e. The maximum atomic E-state index is 12.9. The minimum atomic E-state index is -0.994. The van der Waals surface area contributed by atoms with Crippen molar-refractivity contribution < 1.29 is 76.0 Å². The van der Waals surface area contributed by atoms with Crippen LogP contribution in [0.25, 0.3) is 12.2 Å². The van der Waals surface area contributed by atoms with E-state index < -0.39 is 11.9 Å². The summed E-state index contributed by atoms with van der Waals surface area (Å²) in [7, 11) is 1.91. The Bertz CT molecular complexity index is 911. The molecule has 1 heterocycles. The zero-order valence-electron chi connectivity index (χ0n) is 16.3. The third-order valence-corrected chi connectivity index (χ3v) is 4.46. The zero-order chi connectivity index (χ0) is 20.3. The predicted octanol–water partition coefficient (Wildman–Crippen LogP) is 0.0685. The van der Waals surface area contributed by atoms with Crippen LogP contribution in [0, 0.1) is 0 Å². The van der Waals surface area contributed by atoms with Crippen LogP contribution in [-0.2, 0) is 4.79 Å². The van der Waals surface area contributed by atoms with Gasteiger partial charge in [-0.25, -0.2) is 9.59 Å². The number of rotatable bonds is 4. The zero-order valence-corrected chi connectivity index (χ0v) is 19.4. The third-order valence-electron chi connectivity index (χ3n) is 4.46. The van der Waals surface area contributed by atoms with Gasteiger partial charge in [-0.05, 0) is 54.6 Å². The first kappa shape index (κ1) is 23.4. The number of ketones is 1. The molecule has 0 bridgehead atoms. The quantitative estimate of drug-likeness (QED) is 0.541.